The molecular weight excluding hydrogens is 366 g/mol. The minimum atomic E-state index is -0.760. The van der Waals surface area contributed by atoms with Gasteiger partial charge in [-0.1, -0.05) is 36.2 Å². The minimum absolute atomic E-state index is 0.0893. The number of hydrogen-bond acceptors (Lipinski definition) is 5. The summed E-state index contributed by atoms with van der Waals surface area (Å²) in [6.45, 7) is 3.27. The molecule has 0 spiro atoms. The summed E-state index contributed by atoms with van der Waals surface area (Å²) in [4.78, 5) is 35.4. The highest BCUT2D eigenvalue weighted by Gasteiger charge is 2.26. The molecule has 126 valence electrons. The number of amides is 1. The zero-order chi connectivity index (χ0) is 17.4. The topological polar surface area (TPSA) is 81.7 Å². The summed E-state index contributed by atoms with van der Waals surface area (Å²) in [7, 11) is 1.26. The first kappa shape index (κ1) is 19.2. The average Bonchev–Trinajstić information content (AvgIpc) is 2.56. The molecule has 2 atom stereocenters. The first-order valence-electron chi connectivity index (χ1n) is 7.18. The number of nitrogens with one attached hydrogen (secondary N) is 1. The molecule has 0 fully saturated rings. The molecule has 23 heavy (non-hydrogen) atoms. The Labute approximate surface area is 143 Å². The molecule has 7 heteroatoms. The summed E-state index contributed by atoms with van der Waals surface area (Å²) < 4.78 is 10.4. The molecule has 6 nitrogen and oxygen atoms in total. The number of hydrogen-bond donors (Lipinski definition) is 1. The van der Waals surface area contributed by atoms with Gasteiger partial charge in [0.2, 0.25) is 0 Å². The predicted molar refractivity (Wildman–Crippen MR) is 87.8 cm³/mol. The molecule has 0 aliphatic heterocycles. The Hall–Kier alpha value is -1.89. The van der Waals surface area contributed by atoms with Crippen LogP contribution in [0.3, 0.4) is 0 Å². The van der Waals surface area contributed by atoms with Crippen LogP contribution in [0.5, 0.6) is 0 Å². The molecule has 0 aliphatic rings. The Morgan fingerprint density at radius 2 is 1.83 bits per heavy atom. The van der Waals surface area contributed by atoms with Crippen LogP contribution in [0.1, 0.15) is 30.6 Å². The Morgan fingerprint density at radius 3 is 2.35 bits per heavy atom. The number of methoxy groups -OCH3 is 1. The highest BCUT2D eigenvalue weighted by Crippen LogP contribution is 2.12. The number of carbonyl (C=O) groups is 3. The molecular formula is C16H20BrNO5. The average molecular weight is 386 g/mol. The molecule has 1 aromatic carbocycles. The van der Waals surface area contributed by atoms with Crippen molar-refractivity contribution in [2.45, 2.75) is 26.3 Å². The van der Waals surface area contributed by atoms with Crippen molar-refractivity contribution in [1.29, 1.82) is 0 Å². The maximum absolute atomic E-state index is 11.9. The van der Waals surface area contributed by atoms with Crippen molar-refractivity contribution in [2.75, 3.05) is 13.7 Å². The fraction of sp³-hybridized carbons (Fsp3) is 0.438. The molecule has 1 N–H and O–H groups in total. The minimum Gasteiger partial charge on any atom is -0.467 e. The van der Waals surface area contributed by atoms with Crippen LogP contribution in [-0.2, 0) is 19.1 Å². The number of ether oxygens (including phenoxy) is 2. The molecule has 0 heterocycles. The molecule has 0 radical (unpaired) electrons. The number of carbonyl (C=O) groups excluding carboxylic acids is 3. The van der Waals surface area contributed by atoms with E-state index in [1.807, 2.05) is 13.8 Å². The summed E-state index contributed by atoms with van der Waals surface area (Å²) >= 11 is 3.26. The van der Waals surface area contributed by atoms with Gasteiger partial charge in [-0.25, -0.2) is 9.59 Å². The summed E-state index contributed by atoms with van der Waals surface area (Å²) in [6.07, 6.45) is 0.693. The van der Waals surface area contributed by atoms with E-state index in [9.17, 15) is 14.4 Å². The highest BCUT2D eigenvalue weighted by atomic mass is 79.9. The molecule has 0 saturated carbocycles. The van der Waals surface area contributed by atoms with Crippen molar-refractivity contribution >= 4 is 33.8 Å². The first-order valence-corrected chi connectivity index (χ1v) is 7.98. The van der Waals surface area contributed by atoms with Crippen molar-refractivity contribution in [3.63, 3.8) is 0 Å². The number of halogens is 1. The fourth-order valence-electron chi connectivity index (χ4n) is 1.81. The van der Waals surface area contributed by atoms with Gasteiger partial charge in [0.25, 0.3) is 5.91 Å². The van der Waals surface area contributed by atoms with Crippen LogP contribution >= 0.6 is 15.9 Å². The van der Waals surface area contributed by atoms with Crippen molar-refractivity contribution in [3.8, 4) is 0 Å². The molecule has 0 aliphatic carbocycles. The van der Waals surface area contributed by atoms with Crippen LogP contribution in [0.2, 0.25) is 0 Å². The maximum Gasteiger partial charge on any atom is 0.338 e. The van der Waals surface area contributed by atoms with Crippen molar-refractivity contribution in [3.05, 3.63) is 34.3 Å². The lowest BCUT2D eigenvalue weighted by atomic mass is 9.99. The van der Waals surface area contributed by atoms with E-state index >= 15 is 0 Å². The Kier molecular flexibility index (Phi) is 7.74. The third-order valence-corrected chi connectivity index (χ3v) is 3.93. The summed E-state index contributed by atoms with van der Waals surface area (Å²) in [5, 5.41) is 2.54. The van der Waals surface area contributed by atoms with Gasteiger partial charge >= 0.3 is 11.9 Å². The van der Waals surface area contributed by atoms with Gasteiger partial charge in [0.15, 0.2) is 6.61 Å². The standard InChI is InChI=1S/C16H20BrNO5/c1-4-10(2)14(16(21)22-3)18-13(19)9-23-15(20)11-5-7-12(17)8-6-11/h5-8,10,14H,4,9H2,1-3H3,(H,18,19). The van der Waals surface area contributed by atoms with E-state index in [0.29, 0.717) is 12.0 Å². The first-order chi connectivity index (χ1) is 10.9. The van der Waals surface area contributed by atoms with Crippen LogP contribution in [0, 0.1) is 5.92 Å². The Balaban J connectivity index is 2.56. The van der Waals surface area contributed by atoms with Gasteiger partial charge in [0, 0.05) is 4.47 Å². The lowest BCUT2D eigenvalue weighted by Gasteiger charge is -2.21. The van der Waals surface area contributed by atoms with Crippen LogP contribution in [0.4, 0.5) is 0 Å². The van der Waals surface area contributed by atoms with E-state index in [0.717, 1.165) is 4.47 Å². The summed E-state index contributed by atoms with van der Waals surface area (Å²) in [5.41, 5.74) is 0.340. The summed E-state index contributed by atoms with van der Waals surface area (Å²) in [5.74, 6) is -1.77. The van der Waals surface area contributed by atoms with Gasteiger partial charge in [-0.2, -0.15) is 0 Å². The molecule has 0 saturated heterocycles. The van der Waals surface area contributed by atoms with Crippen LogP contribution in [0.15, 0.2) is 28.7 Å². The third-order valence-electron chi connectivity index (χ3n) is 3.40. The summed E-state index contributed by atoms with van der Waals surface area (Å²) in [6, 6.07) is 5.81. The van der Waals surface area contributed by atoms with Gasteiger partial charge in [0.05, 0.1) is 12.7 Å². The smallest absolute Gasteiger partial charge is 0.338 e. The fourth-order valence-corrected chi connectivity index (χ4v) is 2.08. The van der Waals surface area contributed by atoms with Gasteiger partial charge in [-0.15, -0.1) is 0 Å². The normalized spacial score (nSPS) is 12.9. The zero-order valence-corrected chi connectivity index (χ0v) is 14.9. The monoisotopic (exact) mass is 385 g/mol. The van der Waals surface area contributed by atoms with Crippen molar-refractivity contribution in [2.24, 2.45) is 5.92 Å². The number of rotatable bonds is 7. The SMILES string of the molecule is CCC(C)C(NC(=O)COC(=O)c1ccc(Br)cc1)C(=O)OC. The van der Waals surface area contributed by atoms with E-state index in [-0.39, 0.29) is 5.92 Å². The van der Waals surface area contributed by atoms with E-state index < -0.39 is 30.5 Å². The highest BCUT2D eigenvalue weighted by molar-refractivity contribution is 9.10. The molecule has 1 amide bonds. The van der Waals surface area contributed by atoms with Gasteiger partial charge in [-0.05, 0) is 30.2 Å². The second-order valence-corrected chi connectivity index (χ2v) is 5.95. The van der Waals surface area contributed by atoms with Gasteiger partial charge in [0.1, 0.15) is 6.04 Å². The Bertz CT molecular complexity index is 558. The second-order valence-electron chi connectivity index (χ2n) is 5.04. The number of benzene rings is 1. The van der Waals surface area contributed by atoms with Gasteiger partial charge < -0.3 is 14.8 Å². The van der Waals surface area contributed by atoms with E-state index in [1.165, 1.54) is 7.11 Å². The van der Waals surface area contributed by atoms with E-state index in [2.05, 4.69) is 26.0 Å². The van der Waals surface area contributed by atoms with Crippen LogP contribution in [-0.4, -0.2) is 37.6 Å². The van der Waals surface area contributed by atoms with E-state index in [1.54, 1.807) is 24.3 Å². The third kappa shape index (κ3) is 6.02. The maximum atomic E-state index is 11.9. The molecule has 0 aromatic heterocycles. The Morgan fingerprint density at radius 1 is 1.22 bits per heavy atom. The molecule has 1 rings (SSSR count). The zero-order valence-electron chi connectivity index (χ0n) is 13.3. The largest absolute Gasteiger partial charge is 0.467 e. The molecule has 2 unspecified atom stereocenters. The molecule has 0 bridgehead atoms. The quantitative estimate of drug-likeness (QED) is 0.728. The number of esters is 2. The van der Waals surface area contributed by atoms with Gasteiger partial charge in [-0.3, -0.25) is 4.79 Å². The van der Waals surface area contributed by atoms with Crippen molar-refractivity contribution < 1.29 is 23.9 Å². The van der Waals surface area contributed by atoms with Crippen LogP contribution in [0.25, 0.3) is 0 Å². The lowest BCUT2D eigenvalue weighted by Crippen LogP contribution is -2.47. The van der Waals surface area contributed by atoms with Crippen LogP contribution < -0.4 is 5.32 Å². The van der Waals surface area contributed by atoms with Crippen molar-refractivity contribution in [1.82, 2.24) is 5.32 Å². The molecule has 1 aromatic rings. The second kappa shape index (κ2) is 9.29. The van der Waals surface area contributed by atoms with E-state index in [4.69, 9.17) is 4.74 Å². The predicted octanol–water partition coefficient (Wildman–Crippen LogP) is 2.31. The lowest BCUT2D eigenvalue weighted by molar-refractivity contribution is -0.147.